The third-order valence-electron chi connectivity index (χ3n) is 2.96. The predicted octanol–water partition coefficient (Wildman–Crippen LogP) is 2.79. The molecular formula is C15H20N2O2S. The van der Waals surface area contributed by atoms with Gasteiger partial charge in [0.1, 0.15) is 6.61 Å². The Hall–Kier alpha value is -1.59. The Morgan fingerprint density at radius 3 is 2.85 bits per heavy atom. The van der Waals surface area contributed by atoms with Crippen molar-refractivity contribution in [1.82, 2.24) is 4.98 Å². The largest absolute Gasteiger partial charge is 0.493 e. The first kappa shape index (κ1) is 14.8. The molecule has 0 radical (unpaired) electrons. The zero-order valence-electron chi connectivity index (χ0n) is 11.9. The second-order valence-electron chi connectivity index (χ2n) is 4.36. The van der Waals surface area contributed by atoms with E-state index in [-0.39, 0.29) is 0 Å². The fourth-order valence-electron chi connectivity index (χ4n) is 1.96. The number of nitrogens with zero attached hydrogens (tertiary/aromatic N) is 1. The first-order valence-electron chi connectivity index (χ1n) is 6.70. The summed E-state index contributed by atoms with van der Waals surface area (Å²) in [6, 6.07) is 5.87. The standard InChI is InChI=1S/C15H20N2O2S/c1-3-14-17-12(10-20-14)9-19-15-11(7-8-16)5-4-6-13(15)18-2/h4-6,10H,3,7-9,16H2,1-2H3. The van der Waals surface area contributed by atoms with Crippen molar-refractivity contribution in [2.24, 2.45) is 5.73 Å². The van der Waals surface area contributed by atoms with Crippen LogP contribution in [0.25, 0.3) is 0 Å². The molecule has 0 saturated heterocycles. The molecule has 1 aromatic carbocycles. The number of rotatable bonds is 7. The van der Waals surface area contributed by atoms with Crippen LogP contribution in [0.5, 0.6) is 11.5 Å². The van der Waals surface area contributed by atoms with Crippen molar-refractivity contribution in [1.29, 1.82) is 0 Å². The Balaban J connectivity index is 2.14. The fourth-order valence-corrected chi connectivity index (χ4v) is 2.69. The van der Waals surface area contributed by atoms with Crippen LogP contribution in [0.2, 0.25) is 0 Å². The maximum absolute atomic E-state index is 5.92. The van der Waals surface area contributed by atoms with E-state index >= 15 is 0 Å². The average molecular weight is 292 g/mol. The van der Waals surface area contributed by atoms with Gasteiger partial charge < -0.3 is 15.2 Å². The summed E-state index contributed by atoms with van der Waals surface area (Å²) < 4.78 is 11.3. The number of methoxy groups -OCH3 is 1. The van der Waals surface area contributed by atoms with Gasteiger partial charge in [0.05, 0.1) is 17.8 Å². The van der Waals surface area contributed by atoms with Crippen molar-refractivity contribution in [3.05, 3.63) is 39.8 Å². The van der Waals surface area contributed by atoms with Gasteiger partial charge in [0.25, 0.3) is 0 Å². The molecule has 0 saturated carbocycles. The predicted molar refractivity (Wildman–Crippen MR) is 81.6 cm³/mol. The summed E-state index contributed by atoms with van der Waals surface area (Å²) in [5.74, 6) is 1.51. The van der Waals surface area contributed by atoms with E-state index in [2.05, 4.69) is 11.9 Å². The maximum atomic E-state index is 5.92. The quantitative estimate of drug-likeness (QED) is 0.852. The lowest BCUT2D eigenvalue weighted by molar-refractivity contribution is 0.278. The van der Waals surface area contributed by atoms with Gasteiger partial charge in [-0.25, -0.2) is 4.98 Å². The molecule has 0 unspecified atom stereocenters. The SMILES string of the molecule is CCc1nc(COc2c(CCN)cccc2OC)cs1. The van der Waals surface area contributed by atoms with Crippen LogP contribution in [0.1, 0.15) is 23.2 Å². The van der Waals surface area contributed by atoms with E-state index in [1.165, 1.54) is 0 Å². The molecule has 4 nitrogen and oxygen atoms in total. The molecule has 0 amide bonds. The van der Waals surface area contributed by atoms with Crippen molar-refractivity contribution >= 4 is 11.3 Å². The average Bonchev–Trinajstić information content (AvgIpc) is 2.94. The van der Waals surface area contributed by atoms with Gasteiger partial charge in [0, 0.05) is 5.38 Å². The monoisotopic (exact) mass is 292 g/mol. The lowest BCUT2D eigenvalue weighted by Crippen LogP contribution is -2.06. The summed E-state index contributed by atoms with van der Waals surface area (Å²) in [4.78, 5) is 4.50. The number of para-hydroxylation sites is 1. The van der Waals surface area contributed by atoms with Crippen LogP contribution in [0.3, 0.4) is 0 Å². The fraction of sp³-hybridized carbons (Fsp3) is 0.400. The molecule has 0 spiro atoms. The first-order chi connectivity index (χ1) is 9.78. The molecule has 1 heterocycles. The van der Waals surface area contributed by atoms with Gasteiger partial charge in [0.2, 0.25) is 0 Å². The highest BCUT2D eigenvalue weighted by atomic mass is 32.1. The molecule has 2 aromatic rings. The maximum Gasteiger partial charge on any atom is 0.164 e. The van der Waals surface area contributed by atoms with Crippen molar-refractivity contribution in [3.8, 4) is 11.5 Å². The van der Waals surface area contributed by atoms with Gasteiger partial charge >= 0.3 is 0 Å². The van der Waals surface area contributed by atoms with Crippen LogP contribution in [-0.2, 0) is 19.4 Å². The number of nitrogens with two attached hydrogens (primary N) is 1. The van der Waals surface area contributed by atoms with Gasteiger partial charge in [-0.05, 0) is 31.0 Å². The minimum absolute atomic E-state index is 0.453. The van der Waals surface area contributed by atoms with Gasteiger partial charge in [0.15, 0.2) is 11.5 Å². The van der Waals surface area contributed by atoms with Crippen LogP contribution in [0.4, 0.5) is 0 Å². The smallest absolute Gasteiger partial charge is 0.164 e. The second-order valence-corrected chi connectivity index (χ2v) is 5.30. The molecule has 0 aliphatic heterocycles. The van der Waals surface area contributed by atoms with E-state index in [4.69, 9.17) is 15.2 Å². The van der Waals surface area contributed by atoms with Crippen LogP contribution in [-0.4, -0.2) is 18.6 Å². The number of aromatic nitrogens is 1. The third-order valence-corrected chi connectivity index (χ3v) is 4.00. The van der Waals surface area contributed by atoms with E-state index in [0.717, 1.165) is 40.6 Å². The van der Waals surface area contributed by atoms with Crippen LogP contribution >= 0.6 is 11.3 Å². The van der Waals surface area contributed by atoms with E-state index in [1.54, 1.807) is 18.4 Å². The minimum Gasteiger partial charge on any atom is -0.493 e. The molecule has 0 bridgehead atoms. The molecule has 5 heteroatoms. The van der Waals surface area contributed by atoms with Crippen molar-refractivity contribution in [2.45, 2.75) is 26.4 Å². The number of thiazole rings is 1. The third kappa shape index (κ3) is 3.49. The van der Waals surface area contributed by atoms with Gasteiger partial charge in [-0.1, -0.05) is 19.1 Å². The van der Waals surface area contributed by atoms with Crippen LogP contribution < -0.4 is 15.2 Å². The second kappa shape index (κ2) is 7.26. The molecule has 0 fully saturated rings. The Morgan fingerprint density at radius 2 is 2.20 bits per heavy atom. The number of ether oxygens (including phenoxy) is 2. The summed E-state index contributed by atoms with van der Waals surface area (Å²) in [5, 5.41) is 3.17. The van der Waals surface area contributed by atoms with E-state index in [9.17, 15) is 0 Å². The molecule has 0 atom stereocenters. The molecule has 2 N–H and O–H groups in total. The Kier molecular flexibility index (Phi) is 5.38. The normalized spacial score (nSPS) is 10.6. The van der Waals surface area contributed by atoms with Crippen LogP contribution in [0, 0.1) is 0 Å². The number of hydrogen-bond donors (Lipinski definition) is 1. The Morgan fingerprint density at radius 1 is 1.35 bits per heavy atom. The van der Waals surface area contributed by atoms with Crippen molar-refractivity contribution < 1.29 is 9.47 Å². The molecule has 2 rings (SSSR count). The van der Waals surface area contributed by atoms with Crippen molar-refractivity contribution in [2.75, 3.05) is 13.7 Å². The topological polar surface area (TPSA) is 57.4 Å². The highest BCUT2D eigenvalue weighted by molar-refractivity contribution is 7.09. The highest BCUT2D eigenvalue weighted by Gasteiger charge is 2.11. The highest BCUT2D eigenvalue weighted by Crippen LogP contribution is 2.32. The molecule has 1 aromatic heterocycles. The lowest BCUT2D eigenvalue weighted by atomic mass is 10.1. The Labute approximate surface area is 123 Å². The Bertz CT molecular complexity index is 555. The zero-order chi connectivity index (χ0) is 14.4. The zero-order valence-corrected chi connectivity index (χ0v) is 12.7. The van der Waals surface area contributed by atoms with E-state index in [0.29, 0.717) is 13.2 Å². The summed E-state index contributed by atoms with van der Waals surface area (Å²) in [7, 11) is 1.65. The summed E-state index contributed by atoms with van der Waals surface area (Å²) in [5.41, 5.74) is 7.66. The number of hydrogen-bond acceptors (Lipinski definition) is 5. The molecule has 0 aliphatic rings. The summed E-state index contributed by atoms with van der Waals surface area (Å²) in [6.07, 6.45) is 1.72. The summed E-state index contributed by atoms with van der Waals surface area (Å²) >= 11 is 1.67. The van der Waals surface area contributed by atoms with Gasteiger partial charge in [-0.2, -0.15) is 0 Å². The van der Waals surface area contributed by atoms with Crippen molar-refractivity contribution in [3.63, 3.8) is 0 Å². The number of aryl methyl sites for hydroxylation is 1. The van der Waals surface area contributed by atoms with E-state index < -0.39 is 0 Å². The van der Waals surface area contributed by atoms with Gasteiger partial charge in [-0.15, -0.1) is 11.3 Å². The summed E-state index contributed by atoms with van der Waals surface area (Å²) in [6.45, 7) is 3.14. The lowest BCUT2D eigenvalue weighted by Gasteiger charge is -2.14. The van der Waals surface area contributed by atoms with Crippen LogP contribution in [0.15, 0.2) is 23.6 Å². The van der Waals surface area contributed by atoms with Gasteiger partial charge in [-0.3, -0.25) is 0 Å². The minimum atomic E-state index is 0.453. The van der Waals surface area contributed by atoms with E-state index in [1.807, 2.05) is 23.6 Å². The molecule has 20 heavy (non-hydrogen) atoms. The molecule has 108 valence electrons. The molecular weight excluding hydrogens is 272 g/mol. The number of benzene rings is 1. The first-order valence-corrected chi connectivity index (χ1v) is 7.58. The molecule has 0 aliphatic carbocycles.